The zero-order valence-corrected chi connectivity index (χ0v) is 14.8. The van der Waals surface area contributed by atoms with Gasteiger partial charge in [-0.1, -0.05) is 0 Å². The van der Waals surface area contributed by atoms with E-state index in [1.807, 2.05) is 0 Å². The average molecular weight is 375 g/mol. The van der Waals surface area contributed by atoms with E-state index in [1.54, 1.807) is 11.8 Å². The fourth-order valence-electron chi connectivity index (χ4n) is 3.31. The van der Waals surface area contributed by atoms with Crippen LogP contribution < -0.4 is 10.2 Å². The Bertz CT molecular complexity index is 902. The molecule has 0 fully saturated rings. The van der Waals surface area contributed by atoms with Crippen LogP contribution in [0.25, 0.3) is 0 Å². The van der Waals surface area contributed by atoms with Crippen LogP contribution in [-0.4, -0.2) is 23.9 Å². The van der Waals surface area contributed by atoms with Gasteiger partial charge in [-0.3, -0.25) is 14.9 Å². The zero-order chi connectivity index (χ0) is 19.6. The number of nitrogens with one attached hydrogen (secondary N) is 1. The third kappa shape index (κ3) is 4.21. The molecule has 2 aromatic carbocycles. The number of hydrogen-bond acceptors (Lipinski definition) is 4. The average Bonchev–Trinajstić information content (AvgIpc) is 2.61. The summed E-state index contributed by atoms with van der Waals surface area (Å²) in [7, 11) is 0. The lowest BCUT2D eigenvalue weighted by Crippen LogP contribution is -2.33. The molecule has 2 aromatic rings. The van der Waals surface area contributed by atoms with E-state index in [0.717, 1.165) is 12.5 Å². The van der Waals surface area contributed by atoms with Crippen LogP contribution in [0.4, 0.5) is 25.8 Å². The normalized spacial score (nSPS) is 13.2. The lowest BCUT2D eigenvalue weighted by Gasteiger charge is -2.31. The first kappa shape index (κ1) is 18.8. The van der Waals surface area contributed by atoms with Crippen molar-refractivity contribution in [2.24, 2.45) is 0 Å². The molecule has 1 amide bonds. The molecule has 1 N–H and O–H groups in total. The molecule has 6 nitrogen and oxygen atoms in total. The topological polar surface area (TPSA) is 75.5 Å². The minimum atomic E-state index is -0.615. The maximum Gasteiger partial charge on any atom is 0.269 e. The molecule has 8 heteroatoms. The van der Waals surface area contributed by atoms with Crippen molar-refractivity contribution in [2.45, 2.75) is 26.2 Å². The number of amides is 1. The Morgan fingerprint density at radius 1 is 1.30 bits per heavy atom. The Hall–Kier alpha value is -3.03. The summed E-state index contributed by atoms with van der Waals surface area (Å²) < 4.78 is 27.6. The highest BCUT2D eigenvalue weighted by Crippen LogP contribution is 2.31. The smallest absolute Gasteiger partial charge is 0.269 e. The SMILES string of the molecule is Cc1cc([N+](=O)[O-])ccc1NC(=O)CCN1CCCc2cc(F)cc(F)c21. The second-order valence-corrected chi connectivity index (χ2v) is 6.54. The molecule has 3 rings (SSSR count). The molecule has 0 spiro atoms. The number of halogens is 2. The number of nitro groups is 1. The molecule has 0 radical (unpaired) electrons. The summed E-state index contributed by atoms with van der Waals surface area (Å²) >= 11 is 0. The van der Waals surface area contributed by atoms with Crippen LogP contribution in [0.1, 0.15) is 24.0 Å². The number of non-ortho nitro benzene ring substituents is 1. The molecule has 1 aliphatic rings. The highest BCUT2D eigenvalue weighted by Gasteiger charge is 2.22. The molecule has 142 valence electrons. The predicted molar refractivity (Wildman–Crippen MR) is 98.0 cm³/mol. The first-order chi connectivity index (χ1) is 12.8. The lowest BCUT2D eigenvalue weighted by atomic mass is 10.0. The number of aryl methyl sites for hydroxylation is 2. The number of nitrogens with zero attached hydrogens (tertiary/aromatic N) is 2. The summed E-state index contributed by atoms with van der Waals surface area (Å²) in [4.78, 5) is 24.3. The molecule has 1 aliphatic heterocycles. The lowest BCUT2D eigenvalue weighted by molar-refractivity contribution is -0.384. The van der Waals surface area contributed by atoms with Crippen molar-refractivity contribution >= 4 is 23.0 Å². The minimum absolute atomic E-state index is 0.0434. The summed E-state index contributed by atoms with van der Waals surface area (Å²) in [5.41, 5.74) is 2.02. The van der Waals surface area contributed by atoms with Gasteiger partial charge in [-0.15, -0.1) is 0 Å². The largest absolute Gasteiger partial charge is 0.368 e. The molecule has 0 atom stereocenters. The fourth-order valence-corrected chi connectivity index (χ4v) is 3.31. The van der Waals surface area contributed by atoms with Crippen molar-refractivity contribution in [3.05, 3.63) is 63.2 Å². The second-order valence-electron chi connectivity index (χ2n) is 6.54. The number of benzene rings is 2. The van der Waals surface area contributed by atoms with Crippen molar-refractivity contribution in [2.75, 3.05) is 23.3 Å². The Morgan fingerprint density at radius 2 is 2.07 bits per heavy atom. The molecule has 0 unspecified atom stereocenters. The van der Waals surface area contributed by atoms with Gasteiger partial charge in [0.2, 0.25) is 5.91 Å². The van der Waals surface area contributed by atoms with Gasteiger partial charge in [0.1, 0.15) is 11.6 Å². The number of fused-ring (bicyclic) bond motifs is 1. The summed E-state index contributed by atoms with van der Waals surface area (Å²) in [5.74, 6) is -1.49. The molecular formula is C19H19F2N3O3. The summed E-state index contributed by atoms with van der Waals surface area (Å²) in [5, 5.41) is 13.5. The molecule has 0 aliphatic carbocycles. The van der Waals surface area contributed by atoms with Crippen molar-refractivity contribution in [3.63, 3.8) is 0 Å². The van der Waals surface area contributed by atoms with Gasteiger partial charge < -0.3 is 10.2 Å². The van der Waals surface area contributed by atoms with E-state index in [0.29, 0.717) is 42.0 Å². The van der Waals surface area contributed by atoms with Crippen LogP contribution in [0.15, 0.2) is 30.3 Å². The predicted octanol–water partition coefficient (Wildman–Crippen LogP) is 3.96. The first-order valence-electron chi connectivity index (χ1n) is 8.63. The van der Waals surface area contributed by atoms with E-state index in [-0.39, 0.29) is 18.0 Å². The quantitative estimate of drug-likeness (QED) is 0.634. The van der Waals surface area contributed by atoms with E-state index in [2.05, 4.69) is 5.32 Å². The Morgan fingerprint density at radius 3 is 2.78 bits per heavy atom. The monoisotopic (exact) mass is 375 g/mol. The van der Waals surface area contributed by atoms with E-state index >= 15 is 0 Å². The van der Waals surface area contributed by atoms with Crippen molar-refractivity contribution in [3.8, 4) is 0 Å². The fraction of sp³-hybridized carbons (Fsp3) is 0.316. The van der Waals surface area contributed by atoms with Gasteiger partial charge in [0.25, 0.3) is 5.69 Å². The molecule has 0 saturated carbocycles. The Balaban J connectivity index is 1.65. The molecule has 0 aromatic heterocycles. The summed E-state index contributed by atoms with van der Waals surface area (Å²) in [6, 6.07) is 6.40. The van der Waals surface area contributed by atoms with Gasteiger partial charge in [0.05, 0.1) is 10.6 Å². The van der Waals surface area contributed by atoms with Crippen LogP contribution in [0.3, 0.4) is 0 Å². The number of rotatable bonds is 5. The highest BCUT2D eigenvalue weighted by atomic mass is 19.1. The van der Waals surface area contributed by atoms with Crippen LogP contribution in [0, 0.1) is 28.7 Å². The van der Waals surface area contributed by atoms with Gasteiger partial charge in [-0.2, -0.15) is 0 Å². The number of nitro benzene ring substituents is 1. The number of carbonyl (C=O) groups excluding carboxylic acids is 1. The van der Waals surface area contributed by atoms with Crippen LogP contribution >= 0.6 is 0 Å². The van der Waals surface area contributed by atoms with E-state index < -0.39 is 16.6 Å². The number of hydrogen-bond donors (Lipinski definition) is 1. The van der Waals surface area contributed by atoms with Crippen LogP contribution in [-0.2, 0) is 11.2 Å². The molecule has 0 saturated heterocycles. The van der Waals surface area contributed by atoms with E-state index in [9.17, 15) is 23.7 Å². The van der Waals surface area contributed by atoms with Crippen molar-refractivity contribution < 1.29 is 18.5 Å². The minimum Gasteiger partial charge on any atom is -0.368 e. The summed E-state index contributed by atoms with van der Waals surface area (Å²) in [6.45, 7) is 2.57. The first-order valence-corrected chi connectivity index (χ1v) is 8.63. The van der Waals surface area contributed by atoms with Crippen molar-refractivity contribution in [1.82, 2.24) is 0 Å². The second kappa shape index (κ2) is 7.69. The van der Waals surface area contributed by atoms with Crippen LogP contribution in [0.5, 0.6) is 0 Å². The van der Waals surface area contributed by atoms with Gasteiger partial charge in [-0.25, -0.2) is 8.78 Å². The van der Waals surface area contributed by atoms with Crippen molar-refractivity contribution in [1.29, 1.82) is 0 Å². The van der Waals surface area contributed by atoms with Gasteiger partial charge in [0.15, 0.2) is 0 Å². The van der Waals surface area contributed by atoms with Gasteiger partial charge in [0, 0.05) is 43.4 Å². The third-order valence-corrected chi connectivity index (χ3v) is 4.60. The number of carbonyl (C=O) groups is 1. The Labute approximate surface area is 154 Å². The maximum atomic E-state index is 14.2. The zero-order valence-electron chi connectivity index (χ0n) is 14.8. The van der Waals surface area contributed by atoms with Crippen LogP contribution in [0.2, 0.25) is 0 Å². The molecule has 1 heterocycles. The third-order valence-electron chi connectivity index (χ3n) is 4.60. The highest BCUT2D eigenvalue weighted by molar-refractivity contribution is 5.92. The maximum absolute atomic E-state index is 14.2. The van der Waals surface area contributed by atoms with Gasteiger partial charge >= 0.3 is 0 Å². The standard InChI is InChI=1S/C19H19F2N3O3/c1-12-9-15(24(26)27)4-5-17(12)22-18(25)6-8-23-7-2-3-13-10-14(20)11-16(21)19(13)23/h4-5,9-11H,2-3,6-8H2,1H3,(H,22,25). The van der Waals surface area contributed by atoms with Gasteiger partial charge in [-0.05, 0) is 43.0 Å². The molecule has 0 bridgehead atoms. The molecular weight excluding hydrogens is 356 g/mol. The number of anilines is 2. The molecule has 27 heavy (non-hydrogen) atoms. The summed E-state index contributed by atoms with van der Waals surface area (Å²) in [6.07, 6.45) is 1.49. The Kier molecular flexibility index (Phi) is 5.34. The van der Waals surface area contributed by atoms with E-state index in [1.165, 1.54) is 24.3 Å². The van der Waals surface area contributed by atoms with E-state index in [4.69, 9.17) is 0 Å².